The highest BCUT2D eigenvalue weighted by molar-refractivity contribution is 6.30. The number of halogens is 1. The Labute approximate surface area is 124 Å². The Bertz CT molecular complexity index is 473. The lowest BCUT2D eigenvalue weighted by Gasteiger charge is -2.20. The van der Waals surface area contributed by atoms with Gasteiger partial charge in [0, 0.05) is 25.7 Å². The van der Waals surface area contributed by atoms with E-state index in [4.69, 9.17) is 11.6 Å². The van der Waals surface area contributed by atoms with E-state index >= 15 is 0 Å². The zero-order valence-corrected chi connectivity index (χ0v) is 12.5. The molecule has 5 heteroatoms. The van der Waals surface area contributed by atoms with Gasteiger partial charge < -0.3 is 5.32 Å². The molecule has 1 aromatic heterocycles. The van der Waals surface area contributed by atoms with E-state index in [1.54, 1.807) is 12.4 Å². The Kier molecular flexibility index (Phi) is 4.29. The fourth-order valence-corrected chi connectivity index (χ4v) is 4.02. The lowest BCUT2D eigenvalue weighted by molar-refractivity contribution is -0.122. The molecule has 1 amide bonds. The number of carbonyl (C=O) groups excluding carboxylic acids is 1. The number of hydrogen-bond donors (Lipinski definition) is 1. The van der Waals surface area contributed by atoms with Crippen LogP contribution in [0.25, 0.3) is 0 Å². The monoisotopic (exact) mass is 295 g/mol. The molecule has 1 heterocycles. The van der Waals surface area contributed by atoms with Crippen LogP contribution in [0.15, 0.2) is 12.4 Å². The first-order valence-corrected chi connectivity index (χ1v) is 8.03. The molecule has 0 aliphatic heterocycles. The van der Waals surface area contributed by atoms with E-state index in [9.17, 15) is 4.79 Å². The van der Waals surface area contributed by atoms with E-state index in [2.05, 4.69) is 10.4 Å². The van der Waals surface area contributed by atoms with Crippen LogP contribution in [0.5, 0.6) is 0 Å². The van der Waals surface area contributed by atoms with Gasteiger partial charge in [-0.15, -0.1) is 0 Å². The number of amides is 1. The van der Waals surface area contributed by atoms with Gasteiger partial charge in [-0.3, -0.25) is 9.48 Å². The van der Waals surface area contributed by atoms with E-state index in [-0.39, 0.29) is 5.91 Å². The number of rotatable bonds is 6. The number of aromatic nitrogens is 2. The van der Waals surface area contributed by atoms with Crippen molar-refractivity contribution in [3.8, 4) is 0 Å². The van der Waals surface area contributed by atoms with E-state index in [1.165, 1.54) is 25.7 Å². The molecule has 2 aliphatic rings. The summed E-state index contributed by atoms with van der Waals surface area (Å²) in [6, 6.07) is 0. The molecule has 4 nitrogen and oxygen atoms in total. The molecule has 1 aromatic rings. The minimum atomic E-state index is 0.223. The van der Waals surface area contributed by atoms with Crippen LogP contribution in [0, 0.1) is 17.8 Å². The Morgan fingerprint density at radius 3 is 3.00 bits per heavy atom. The smallest absolute Gasteiger partial charge is 0.220 e. The number of nitrogens with zero attached hydrogens (tertiary/aromatic N) is 2. The predicted octanol–water partition coefficient (Wildman–Crippen LogP) is 2.87. The fraction of sp³-hybridized carbons (Fsp3) is 0.733. The molecule has 0 saturated heterocycles. The standard InChI is InChI=1S/C15H22ClN3O/c16-14-9-18-19(10-14)5-1-4-17-15(20)8-13-7-11-2-3-12(13)6-11/h9-13H,1-8H2,(H,17,20). The summed E-state index contributed by atoms with van der Waals surface area (Å²) in [5.41, 5.74) is 0. The third-order valence-corrected chi connectivity index (χ3v) is 5.02. The van der Waals surface area contributed by atoms with Gasteiger partial charge in [-0.1, -0.05) is 18.0 Å². The molecule has 1 N–H and O–H groups in total. The minimum Gasteiger partial charge on any atom is -0.356 e. The summed E-state index contributed by atoms with van der Waals surface area (Å²) in [4.78, 5) is 11.9. The second kappa shape index (κ2) is 6.17. The number of carbonyl (C=O) groups is 1. The van der Waals surface area contributed by atoms with Crippen molar-refractivity contribution in [2.45, 2.75) is 45.1 Å². The topological polar surface area (TPSA) is 46.9 Å². The maximum Gasteiger partial charge on any atom is 0.220 e. The quantitative estimate of drug-likeness (QED) is 0.820. The molecule has 0 spiro atoms. The van der Waals surface area contributed by atoms with Crippen molar-refractivity contribution < 1.29 is 4.79 Å². The molecular weight excluding hydrogens is 274 g/mol. The summed E-state index contributed by atoms with van der Waals surface area (Å²) >= 11 is 5.80. The van der Waals surface area contributed by atoms with Gasteiger partial charge in [0.1, 0.15) is 0 Å². The zero-order valence-electron chi connectivity index (χ0n) is 11.7. The van der Waals surface area contributed by atoms with Crippen LogP contribution in [0.4, 0.5) is 0 Å². The summed E-state index contributed by atoms with van der Waals surface area (Å²) in [7, 11) is 0. The molecule has 2 saturated carbocycles. The van der Waals surface area contributed by atoms with Crippen molar-refractivity contribution in [3.63, 3.8) is 0 Å². The largest absolute Gasteiger partial charge is 0.356 e. The maximum atomic E-state index is 11.9. The summed E-state index contributed by atoms with van der Waals surface area (Å²) in [5.74, 6) is 2.62. The lowest BCUT2D eigenvalue weighted by Crippen LogP contribution is -2.28. The summed E-state index contributed by atoms with van der Waals surface area (Å²) in [6.45, 7) is 1.51. The predicted molar refractivity (Wildman–Crippen MR) is 78.4 cm³/mol. The summed E-state index contributed by atoms with van der Waals surface area (Å²) in [5, 5.41) is 7.80. The molecule has 3 unspecified atom stereocenters. The van der Waals surface area contributed by atoms with Crippen LogP contribution in [0.3, 0.4) is 0 Å². The molecule has 2 bridgehead atoms. The van der Waals surface area contributed by atoms with Crippen molar-refractivity contribution >= 4 is 17.5 Å². The van der Waals surface area contributed by atoms with Gasteiger partial charge in [0.2, 0.25) is 5.91 Å². The molecule has 3 atom stereocenters. The number of aryl methyl sites for hydroxylation is 1. The maximum absolute atomic E-state index is 11.9. The number of nitrogens with one attached hydrogen (secondary N) is 1. The summed E-state index contributed by atoms with van der Waals surface area (Å²) < 4.78 is 1.81. The van der Waals surface area contributed by atoms with Crippen LogP contribution >= 0.6 is 11.6 Å². The van der Waals surface area contributed by atoms with Gasteiger partial charge in [0.15, 0.2) is 0 Å². The van der Waals surface area contributed by atoms with Crippen LogP contribution in [-0.2, 0) is 11.3 Å². The van der Waals surface area contributed by atoms with Gasteiger partial charge in [-0.2, -0.15) is 5.10 Å². The van der Waals surface area contributed by atoms with Crippen molar-refractivity contribution in [3.05, 3.63) is 17.4 Å². The fourth-order valence-electron chi connectivity index (χ4n) is 3.87. The van der Waals surface area contributed by atoms with Crippen LogP contribution in [0.2, 0.25) is 5.02 Å². The van der Waals surface area contributed by atoms with Crippen molar-refractivity contribution in [1.82, 2.24) is 15.1 Å². The van der Waals surface area contributed by atoms with E-state index in [0.29, 0.717) is 10.9 Å². The van der Waals surface area contributed by atoms with Crippen LogP contribution in [0.1, 0.15) is 38.5 Å². The third kappa shape index (κ3) is 3.35. The van der Waals surface area contributed by atoms with Gasteiger partial charge in [0.05, 0.1) is 11.2 Å². The first-order chi connectivity index (χ1) is 9.70. The average Bonchev–Trinajstić information content (AvgIpc) is 3.11. The lowest BCUT2D eigenvalue weighted by atomic mass is 9.86. The van der Waals surface area contributed by atoms with Crippen molar-refractivity contribution in [1.29, 1.82) is 0 Å². The molecule has 110 valence electrons. The third-order valence-electron chi connectivity index (χ3n) is 4.82. The Balaban J connectivity index is 1.31. The molecule has 20 heavy (non-hydrogen) atoms. The second-order valence-corrected chi connectivity index (χ2v) is 6.70. The highest BCUT2D eigenvalue weighted by Crippen LogP contribution is 2.49. The Morgan fingerprint density at radius 2 is 2.35 bits per heavy atom. The molecule has 2 aliphatic carbocycles. The van der Waals surface area contributed by atoms with Gasteiger partial charge in [0.25, 0.3) is 0 Å². The van der Waals surface area contributed by atoms with Gasteiger partial charge in [-0.05, 0) is 43.4 Å². The van der Waals surface area contributed by atoms with Crippen molar-refractivity contribution in [2.24, 2.45) is 17.8 Å². The first-order valence-electron chi connectivity index (χ1n) is 7.65. The SMILES string of the molecule is O=C(CC1CC2CCC1C2)NCCCn1cc(Cl)cn1. The van der Waals surface area contributed by atoms with Gasteiger partial charge in [-0.25, -0.2) is 0 Å². The molecule has 2 fully saturated rings. The number of hydrogen-bond acceptors (Lipinski definition) is 2. The first kappa shape index (κ1) is 13.9. The van der Waals surface area contributed by atoms with E-state index in [1.807, 2.05) is 4.68 Å². The molecule has 0 radical (unpaired) electrons. The van der Waals surface area contributed by atoms with Gasteiger partial charge >= 0.3 is 0 Å². The highest BCUT2D eigenvalue weighted by Gasteiger charge is 2.39. The number of fused-ring (bicyclic) bond motifs is 2. The molecule has 3 rings (SSSR count). The second-order valence-electron chi connectivity index (χ2n) is 6.26. The zero-order chi connectivity index (χ0) is 13.9. The summed E-state index contributed by atoms with van der Waals surface area (Å²) in [6.07, 6.45) is 10.5. The Hall–Kier alpha value is -1.03. The van der Waals surface area contributed by atoms with Crippen molar-refractivity contribution in [2.75, 3.05) is 6.54 Å². The van der Waals surface area contributed by atoms with E-state index < -0.39 is 0 Å². The minimum absolute atomic E-state index is 0.223. The Morgan fingerprint density at radius 1 is 1.45 bits per heavy atom. The van der Waals surface area contributed by atoms with E-state index in [0.717, 1.165) is 37.8 Å². The molecule has 0 aromatic carbocycles. The normalized spacial score (nSPS) is 27.9. The molecular formula is C15H22ClN3O. The highest BCUT2D eigenvalue weighted by atomic mass is 35.5. The van der Waals surface area contributed by atoms with Crippen LogP contribution < -0.4 is 5.32 Å². The average molecular weight is 296 g/mol. The van der Waals surface area contributed by atoms with Crippen LogP contribution in [-0.4, -0.2) is 22.2 Å².